The molecule has 1 saturated heterocycles. The number of aromatic nitrogens is 3. The molecule has 0 aliphatic carbocycles. The summed E-state index contributed by atoms with van der Waals surface area (Å²) < 4.78 is 33.6. The number of carbonyl (C=O) groups is 1. The van der Waals surface area contributed by atoms with Crippen molar-refractivity contribution in [1.29, 1.82) is 0 Å². The smallest absolute Gasteiger partial charge is 0.475 e. The summed E-state index contributed by atoms with van der Waals surface area (Å²) >= 11 is 1.95. The van der Waals surface area contributed by atoms with Crippen molar-refractivity contribution in [3.8, 4) is 0 Å². The fourth-order valence-corrected chi connectivity index (χ4v) is 2.98. The van der Waals surface area contributed by atoms with Gasteiger partial charge < -0.3 is 15.1 Å². The maximum atomic E-state index is 10.6. The van der Waals surface area contributed by atoms with Crippen molar-refractivity contribution in [2.75, 3.05) is 25.9 Å². The highest BCUT2D eigenvalue weighted by Crippen LogP contribution is 2.20. The lowest BCUT2D eigenvalue weighted by atomic mass is 9.96. The standard InChI is InChI=1S/C14H26N4OS.C2HF3O2/c1-12(20-2)3-6-17-7-4-13(5-8-17)9-18-10-14(11-19)15-16-18;3-2(4,5)1(6)7/h10,12-13,19H,3-9,11H2,1-2H3;(H,6,7). The summed E-state index contributed by atoms with van der Waals surface area (Å²) in [5.74, 6) is -2.06. The highest BCUT2D eigenvalue weighted by Gasteiger charge is 2.38. The van der Waals surface area contributed by atoms with Gasteiger partial charge in [0.25, 0.3) is 0 Å². The summed E-state index contributed by atoms with van der Waals surface area (Å²) in [7, 11) is 0. The number of piperidine rings is 1. The van der Waals surface area contributed by atoms with Crippen molar-refractivity contribution in [2.45, 2.75) is 50.8 Å². The highest BCUT2D eigenvalue weighted by molar-refractivity contribution is 7.99. The van der Waals surface area contributed by atoms with E-state index < -0.39 is 12.1 Å². The van der Waals surface area contributed by atoms with Gasteiger partial charge in [0.1, 0.15) is 5.69 Å². The van der Waals surface area contributed by atoms with Gasteiger partial charge in [0.15, 0.2) is 0 Å². The zero-order chi connectivity index (χ0) is 20.4. The number of aliphatic hydroxyl groups is 1. The van der Waals surface area contributed by atoms with Gasteiger partial charge in [0.05, 0.1) is 12.8 Å². The van der Waals surface area contributed by atoms with Gasteiger partial charge in [0, 0.05) is 11.8 Å². The fourth-order valence-electron chi connectivity index (χ4n) is 2.64. The van der Waals surface area contributed by atoms with Crippen LogP contribution in [0.25, 0.3) is 0 Å². The van der Waals surface area contributed by atoms with Gasteiger partial charge in [-0.25, -0.2) is 4.79 Å². The molecule has 1 aromatic heterocycles. The Bertz CT molecular complexity index is 563. The number of aliphatic hydroxyl groups excluding tert-OH is 1. The second kappa shape index (κ2) is 11.5. The molecule has 11 heteroatoms. The number of carboxylic acids is 1. The molecule has 1 aliphatic heterocycles. The molecule has 1 aliphatic rings. The molecule has 2 heterocycles. The molecule has 1 fully saturated rings. The number of nitrogens with zero attached hydrogens (tertiary/aromatic N) is 4. The van der Waals surface area contributed by atoms with E-state index in [1.165, 1.54) is 38.9 Å². The molecule has 0 bridgehead atoms. The third-order valence-corrected chi connectivity index (χ3v) is 5.44. The molecular weight excluding hydrogens is 385 g/mol. The summed E-state index contributed by atoms with van der Waals surface area (Å²) in [6, 6.07) is 0. The number of likely N-dealkylation sites (tertiary alicyclic amines) is 1. The van der Waals surface area contributed by atoms with Crippen LogP contribution >= 0.6 is 11.8 Å². The predicted molar refractivity (Wildman–Crippen MR) is 96.4 cm³/mol. The first-order valence-corrected chi connectivity index (χ1v) is 9.99. The minimum atomic E-state index is -5.08. The Balaban J connectivity index is 0.000000445. The van der Waals surface area contributed by atoms with Crippen LogP contribution in [0, 0.1) is 5.92 Å². The van der Waals surface area contributed by atoms with E-state index in [0.717, 1.165) is 11.8 Å². The van der Waals surface area contributed by atoms with Crippen LogP contribution in [0.15, 0.2) is 6.20 Å². The number of thioether (sulfide) groups is 1. The van der Waals surface area contributed by atoms with Crippen LogP contribution in [-0.4, -0.2) is 73.4 Å². The van der Waals surface area contributed by atoms with E-state index in [4.69, 9.17) is 15.0 Å². The van der Waals surface area contributed by atoms with Crippen LogP contribution in [0.1, 0.15) is 31.9 Å². The Kier molecular flexibility index (Phi) is 10.1. The van der Waals surface area contributed by atoms with Crippen molar-refractivity contribution in [2.24, 2.45) is 5.92 Å². The maximum Gasteiger partial charge on any atom is 0.490 e. The molecule has 0 radical (unpaired) electrons. The number of hydrogen-bond acceptors (Lipinski definition) is 6. The monoisotopic (exact) mass is 412 g/mol. The number of hydrogen-bond donors (Lipinski definition) is 2. The molecular formula is C16H27F3N4O3S. The Morgan fingerprint density at radius 3 is 2.44 bits per heavy atom. The zero-order valence-corrected chi connectivity index (χ0v) is 16.3. The van der Waals surface area contributed by atoms with Gasteiger partial charge in [-0.2, -0.15) is 24.9 Å². The van der Waals surface area contributed by atoms with Crippen LogP contribution in [0.3, 0.4) is 0 Å². The molecule has 1 atom stereocenters. The highest BCUT2D eigenvalue weighted by atomic mass is 32.2. The van der Waals surface area contributed by atoms with Crippen molar-refractivity contribution in [1.82, 2.24) is 19.9 Å². The predicted octanol–water partition coefficient (Wildman–Crippen LogP) is 2.26. The molecule has 0 aromatic carbocycles. The molecule has 7 nitrogen and oxygen atoms in total. The Hall–Kier alpha value is -1.33. The number of carboxylic acid groups (broad SMARTS) is 1. The van der Waals surface area contributed by atoms with Gasteiger partial charge in [-0.3, -0.25) is 4.68 Å². The van der Waals surface area contributed by atoms with Crippen LogP contribution < -0.4 is 0 Å². The first-order chi connectivity index (χ1) is 12.7. The second-order valence-corrected chi connectivity index (χ2v) is 7.79. The molecule has 1 unspecified atom stereocenters. The molecule has 156 valence electrons. The van der Waals surface area contributed by atoms with Crippen molar-refractivity contribution < 1.29 is 28.2 Å². The van der Waals surface area contributed by atoms with Gasteiger partial charge in [-0.1, -0.05) is 12.1 Å². The number of halogens is 3. The van der Waals surface area contributed by atoms with E-state index in [2.05, 4.69) is 28.4 Å². The lowest BCUT2D eigenvalue weighted by molar-refractivity contribution is -0.192. The second-order valence-electron chi connectivity index (χ2n) is 6.51. The molecule has 0 amide bonds. The Morgan fingerprint density at radius 1 is 1.41 bits per heavy atom. The maximum absolute atomic E-state index is 10.6. The summed E-state index contributed by atoms with van der Waals surface area (Å²) in [5, 5.41) is 24.9. The van der Waals surface area contributed by atoms with Crippen LogP contribution in [0.5, 0.6) is 0 Å². The van der Waals surface area contributed by atoms with Gasteiger partial charge in [-0.05, 0) is 51.1 Å². The number of aliphatic carboxylic acids is 1. The molecule has 0 saturated carbocycles. The SMILES string of the molecule is CSC(C)CCN1CCC(Cn2cc(CO)nn2)CC1.O=C(O)C(F)(F)F. The van der Waals surface area contributed by atoms with E-state index in [1.807, 2.05) is 22.6 Å². The van der Waals surface area contributed by atoms with E-state index >= 15 is 0 Å². The minimum Gasteiger partial charge on any atom is -0.475 e. The summed E-state index contributed by atoms with van der Waals surface area (Å²) in [6.07, 6.45) is 2.72. The molecule has 2 rings (SSSR count). The van der Waals surface area contributed by atoms with Gasteiger partial charge in [-0.15, -0.1) is 5.10 Å². The van der Waals surface area contributed by atoms with Crippen LogP contribution in [0.2, 0.25) is 0 Å². The number of rotatable bonds is 7. The Morgan fingerprint density at radius 2 is 2.00 bits per heavy atom. The average Bonchev–Trinajstić information content (AvgIpc) is 3.08. The third-order valence-electron chi connectivity index (χ3n) is 4.40. The van der Waals surface area contributed by atoms with Crippen molar-refractivity contribution >= 4 is 17.7 Å². The van der Waals surface area contributed by atoms with E-state index in [-0.39, 0.29) is 6.61 Å². The third kappa shape index (κ3) is 9.43. The van der Waals surface area contributed by atoms with E-state index in [1.54, 1.807) is 0 Å². The lowest BCUT2D eigenvalue weighted by Gasteiger charge is -2.32. The summed E-state index contributed by atoms with van der Waals surface area (Å²) in [4.78, 5) is 11.5. The first kappa shape index (κ1) is 23.7. The lowest BCUT2D eigenvalue weighted by Crippen LogP contribution is -2.36. The minimum absolute atomic E-state index is 0.0218. The van der Waals surface area contributed by atoms with E-state index in [0.29, 0.717) is 11.6 Å². The van der Waals surface area contributed by atoms with Gasteiger partial charge in [0.2, 0.25) is 0 Å². The normalized spacial score (nSPS) is 17.3. The zero-order valence-electron chi connectivity index (χ0n) is 15.5. The fraction of sp³-hybridized carbons (Fsp3) is 0.812. The Labute approximate surface area is 160 Å². The van der Waals surface area contributed by atoms with Crippen LogP contribution in [-0.2, 0) is 17.9 Å². The first-order valence-electron chi connectivity index (χ1n) is 8.70. The van der Waals surface area contributed by atoms with Crippen molar-refractivity contribution in [3.63, 3.8) is 0 Å². The summed E-state index contributed by atoms with van der Waals surface area (Å²) in [6.45, 7) is 6.85. The van der Waals surface area contributed by atoms with E-state index in [9.17, 15) is 13.2 Å². The topological polar surface area (TPSA) is 91.5 Å². The largest absolute Gasteiger partial charge is 0.490 e. The quantitative estimate of drug-likeness (QED) is 0.710. The molecule has 27 heavy (non-hydrogen) atoms. The molecule has 0 spiro atoms. The number of alkyl halides is 3. The van der Waals surface area contributed by atoms with Crippen LogP contribution in [0.4, 0.5) is 13.2 Å². The molecule has 2 N–H and O–H groups in total. The van der Waals surface area contributed by atoms with Gasteiger partial charge >= 0.3 is 12.1 Å². The van der Waals surface area contributed by atoms with Crippen molar-refractivity contribution in [3.05, 3.63) is 11.9 Å². The summed E-state index contributed by atoms with van der Waals surface area (Å²) in [5.41, 5.74) is 0.661. The average molecular weight is 412 g/mol. The molecule has 1 aromatic rings.